The molecule has 0 amide bonds. The maximum atomic E-state index is 5.49. The maximum Gasteiger partial charge on any atom is 0.0701 e. The first-order valence-corrected chi connectivity index (χ1v) is 11.0. The fourth-order valence-corrected chi connectivity index (χ4v) is 2.20. The molecule has 0 fully saturated rings. The Hall–Kier alpha value is 0.490. The molecule has 0 spiro atoms. The van der Waals surface area contributed by atoms with Crippen LogP contribution in [-0.4, -0.2) is 83.7 Å². The predicted octanol–water partition coefficient (Wildman–Crippen LogP) is 3.10. The summed E-state index contributed by atoms with van der Waals surface area (Å²) in [5, 5.41) is 0. The lowest BCUT2D eigenvalue weighted by molar-refractivity contribution is -0.0161. The van der Waals surface area contributed by atoms with Crippen LogP contribution >= 0.6 is 22.6 Å². The van der Waals surface area contributed by atoms with Gasteiger partial charge in [0.05, 0.1) is 72.7 Å². The standard InChI is InChI=1S/C18H37IO6/c1-2-3-4-5-7-20-9-11-22-13-15-24-17-18-25-16-14-23-12-10-21-8-6-19/h2-18H2,1H3. The summed E-state index contributed by atoms with van der Waals surface area (Å²) in [5.41, 5.74) is 0. The molecular formula is C18H37IO6. The second-order valence-electron chi connectivity index (χ2n) is 5.42. The van der Waals surface area contributed by atoms with Crippen molar-refractivity contribution in [3.63, 3.8) is 0 Å². The fourth-order valence-electron chi connectivity index (χ4n) is 1.89. The van der Waals surface area contributed by atoms with Crippen LogP contribution < -0.4 is 0 Å². The molecule has 6 nitrogen and oxygen atoms in total. The van der Waals surface area contributed by atoms with Crippen LogP contribution in [0, 0.1) is 0 Å². The molecule has 0 N–H and O–H groups in total. The highest BCUT2D eigenvalue weighted by molar-refractivity contribution is 14.1. The minimum atomic E-state index is 0.579. The zero-order valence-corrected chi connectivity index (χ0v) is 18.0. The van der Waals surface area contributed by atoms with E-state index in [9.17, 15) is 0 Å². The van der Waals surface area contributed by atoms with Gasteiger partial charge in [-0.3, -0.25) is 0 Å². The molecule has 0 saturated carbocycles. The van der Waals surface area contributed by atoms with E-state index in [0.717, 1.165) is 24.1 Å². The van der Waals surface area contributed by atoms with Crippen molar-refractivity contribution in [1.82, 2.24) is 0 Å². The number of alkyl halides is 1. The normalized spacial score (nSPS) is 11.3. The van der Waals surface area contributed by atoms with Crippen molar-refractivity contribution in [1.29, 1.82) is 0 Å². The van der Waals surface area contributed by atoms with Crippen molar-refractivity contribution < 1.29 is 28.4 Å². The molecule has 0 unspecified atom stereocenters. The lowest BCUT2D eigenvalue weighted by atomic mass is 10.2. The molecule has 25 heavy (non-hydrogen) atoms. The Labute approximate surface area is 167 Å². The Bertz CT molecular complexity index is 212. The van der Waals surface area contributed by atoms with E-state index in [1.807, 2.05) is 0 Å². The topological polar surface area (TPSA) is 55.4 Å². The molecule has 0 aromatic heterocycles. The molecular weight excluding hydrogens is 439 g/mol. The van der Waals surface area contributed by atoms with E-state index in [2.05, 4.69) is 29.5 Å². The molecule has 0 saturated heterocycles. The van der Waals surface area contributed by atoms with Gasteiger partial charge in [-0.2, -0.15) is 0 Å². The Morgan fingerprint density at radius 3 is 1.16 bits per heavy atom. The number of ether oxygens (including phenoxy) is 6. The van der Waals surface area contributed by atoms with Crippen molar-refractivity contribution in [3.8, 4) is 0 Å². The number of hydrogen-bond donors (Lipinski definition) is 0. The summed E-state index contributed by atoms with van der Waals surface area (Å²) < 4.78 is 33.5. The zero-order chi connectivity index (χ0) is 18.3. The van der Waals surface area contributed by atoms with E-state index in [-0.39, 0.29) is 0 Å². The average molecular weight is 476 g/mol. The SMILES string of the molecule is CCCCCCOCCOCCOCCOCCOCCOCCI. The van der Waals surface area contributed by atoms with E-state index in [0.29, 0.717) is 66.1 Å². The largest absolute Gasteiger partial charge is 0.379 e. The Morgan fingerprint density at radius 2 is 0.800 bits per heavy atom. The number of rotatable bonds is 22. The van der Waals surface area contributed by atoms with E-state index < -0.39 is 0 Å². The van der Waals surface area contributed by atoms with Crippen LogP contribution in [0.4, 0.5) is 0 Å². The van der Waals surface area contributed by atoms with Crippen molar-refractivity contribution >= 4 is 22.6 Å². The first-order chi connectivity index (χ1) is 12.4. The Kier molecular flexibility index (Phi) is 25.0. The third kappa shape index (κ3) is 24.5. The van der Waals surface area contributed by atoms with E-state index in [1.54, 1.807) is 0 Å². The minimum Gasteiger partial charge on any atom is -0.379 e. The van der Waals surface area contributed by atoms with Crippen molar-refractivity contribution in [2.75, 3.05) is 83.7 Å². The highest BCUT2D eigenvalue weighted by Crippen LogP contribution is 1.98. The van der Waals surface area contributed by atoms with Gasteiger partial charge in [-0.25, -0.2) is 0 Å². The molecule has 0 aliphatic carbocycles. The van der Waals surface area contributed by atoms with Crippen molar-refractivity contribution in [2.45, 2.75) is 32.6 Å². The predicted molar refractivity (Wildman–Crippen MR) is 108 cm³/mol. The molecule has 0 aliphatic rings. The van der Waals surface area contributed by atoms with Gasteiger partial charge in [-0.15, -0.1) is 0 Å². The average Bonchev–Trinajstić information content (AvgIpc) is 2.63. The highest BCUT2D eigenvalue weighted by Gasteiger charge is 1.94. The third-order valence-electron chi connectivity index (χ3n) is 3.22. The number of halogens is 1. The maximum absolute atomic E-state index is 5.49. The second-order valence-corrected chi connectivity index (χ2v) is 6.50. The zero-order valence-electron chi connectivity index (χ0n) is 15.8. The first-order valence-electron chi connectivity index (χ1n) is 9.44. The molecule has 0 aromatic rings. The van der Waals surface area contributed by atoms with Crippen molar-refractivity contribution in [2.24, 2.45) is 0 Å². The molecule has 0 bridgehead atoms. The van der Waals surface area contributed by atoms with Gasteiger partial charge in [0.1, 0.15) is 0 Å². The van der Waals surface area contributed by atoms with Crippen molar-refractivity contribution in [3.05, 3.63) is 0 Å². The summed E-state index contributed by atoms with van der Waals surface area (Å²) >= 11 is 2.28. The molecule has 0 atom stereocenters. The molecule has 152 valence electrons. The van der Waals surface area contributed by atoms with Crippen LogP contribution in [0.25, 0.3) is 0 Å². The summed E-state index contributed by atoms with van der Waals surface area (Å²) in [5.74, 6) is 0. The summed E-state index contributed by atoms with van der Waals surface area (Å²) in [6.45, 7) is 9.92. The summed E-state index contributed by atoms with van der Waals surface area (Å²) in [7, 11) is 0. The van der Waals surface area contributed by atoms with Gasteiger partial charge < -0.3 is 28.4 Å². The van der Waals surface area contributed by atoms with Gasteiger partial charge in [0, 0.05) is 11.0 Å². The van der Waals surface area contributed by atoms with Gasteiger partial charge in [0.15, 0.2) is 0 Å². The lowest BCUT2D eigenvalue weighted by Gasteiger charge is -2.08. The van der Waals surface area contributed by atoms with Gasteiger partial charge in [-0.05, 0) is 6.42 Å². The fraction of sp³-hybridized carbons (Fsp3) is 1.00. The Balaban J connectivity index is 2.94. The molecule has 0 aliphatic heterocycles. The highest BCUT2D eigenvalue weighted by atomic mass is 127. The van der Waals surface area contributed by atoms with Gasteiger partial charge in [-0.1, -0.05) is 48.8 Å². The second kappa shape index (κ2) is 24.5. The van der Waals surface area contributed by atoms with Gasteiger partial charge >= 0.3 is 0 Å². The minimum absolute atomic E-state index is 0.579. The smallest absolute Gasteiger partial charge is 0.0701 e. The molecule has 7 heteroatoms. The van der Waals surface area contributed by atoms with Crippen LogP contribution in [0.15, 0.2) is 0 Å². The summed E-state index contributed by atoms with van der Waals surface area (Å²) in [4.78, 5) is 0. The van der Waals surface area contributed by atoms with Crippen LogP contribution in [-0.2, 0) is 28.4 Å². The number of hydrogen-bond acceptors (Lipinski definition) is 6. The van der Waals surface area contributed by atoms with Crippen LogP contribution in [0.1, 0.15) is 32.6 Å². The van der Waals surface area contributed by atoms with Crippen LogP contribution in [0.5, 0.6) is 0 Å². The molecule has 0 radical (unpaired) electrons. The first kappa shape index (κ1) is 25.5. The third-order valence-corrected chi connectivity index (χ3v) is 3.66. The monoisotopic (exact) mass is 476 g/mol. The molecule has 0 heterocycles. The van der Waals surface area contributed by atoms with E-state index in [4.69, 9.17) is 28.4 Å². The Morgan fingerprint density at radius 1 is 0.440 bits per heavy atom. The van der Waals surface area contributed by atoms with E-state index in [1.165, 1.54) is 19.3 Å². The van der Waals surface area contributed by atoms with Crippen LogP contribution in [0.2, 0.25) is 0 Å². The quantitative estimate of drug-likeness (QED) is 0.136. The summed E-state index contributed by atoms with van der Waals surface area (Å²) in [6.07, 6.45) is 4.96. The van der Waals surface area contributed by atoms with Gasteiger partial charge in [0.2, 0.25) is 0 Å². The lowest BCUT2D eigenvalue weighted by Crippen LogP contribution is -2.14. The summed E-state index contributed by atoms with van der Waals surface area (Å²) in [6, 6.07) is 0. The molecule has 0 aromatic carbocycles. The van der Waals surface area contributed by atoms with Gasteiger partial charge in [0.25, 0.3) is 0 Å². The van der Waals surface area contributed by atoms with Crippen LogP contribution in [0.3, 0.4) is 0 Å². The van der Waals surface area contributed by atoms with E-state index >= 15 is 0 Å². The molecule has 0 rings (SSSR count). The number of unbranched alkanes of at least 4 members (excludes halogenated alkanes) is 3.